The zero-order valence-electron chi connectivity index (χ0n) is 22.0. The standard InChI is InChI=1S/C31H36O4/c1-20(2)9-8-15-31(5)16-14-25-28(33-7)19-26(24(30(25)35-31)13-10-21(3)4)29-17-22-11-12-23(32-6)18-27(22)34-29/h9-12,14,16-19H,8,13,15H2,1-7H3. The first kappa shape index (κ1) is 24.7. The largest absolute Gasteiger partial charge is 0.497 e. The van der Waals surface area contributed by atoms with Gasteiger partial charge in [-0.25, -0.2) is 0 Å². The molecular formula is C31H36O4. The number of benzene rings is 2. The van der Waals surface area contributed by atoms with Crippen molar-refractivity contribution in [1.29, 1.82) is 0 Å². The summed E-state index contributed by atoms with van der Waals surface area (Å²) < 4.78 is 24.3. The highest BCUT2D eigenvalue weighted by Crippen LogP contribution is 2.46. The zero-order chi connectivity index (χ0) is 25.2. The molecule has 1 unspecified atom stereocenters. The molecular weight excluding hydrogens is 436 g/mol. The summed E-state index contributed by atoms with van der Waals surface area (Å²) in [4.78, 5) is 0. The maximum Gasteiger partial charge on any atom is 0.138 e. The zero-order valence-corrected chi connectivity index (χ0v) is 22.0. The van der Waals surface area contributed by atoms with E-state index in [1.165, 1.54) is 11.1 Å². The van der Waals surface area contributed by atoms with Crippen molar-refractivity contribution in [3.8, 4) is 28.6 Å². The molecule has 35 heavy (non-hydrogen) atoms. The van der Waals surface area contributed by atoms with Crippen LogP contribution in [-0.2, 0) is 6.42 Å². The third kappa shape index (κ3) is 5.32. The summed E-state index contributed by atoms with van der Waals surface area (Å²) in [6.07, 6.45) is 11.4. The molecule has 4 nitrogen and oxygen atoms in total. The van der Waals surface area contributed by atoms with Crippen LogP contribution >= 0.6 is 0 Å². The molecule has 1 aliphatic rings. The van der Waals surface area contributed by atoms with Crippen molar-refractivity contribution in [3.05, 3.63) is 70.8 Å². The third-order valence-electron chi connectivity index (χ3n) is 6.44. The number of furan rings is 1. The lowest BCUT2D eigenvalue weighted by molar-refractivity contribution is 0.127. The Bertz CT molecular complexity index is 1310. The normalized spacial score (nSPS) is 16.4. The van der Waals surface area contributed by atoms with Gasteiger partial charge in [0, 0.05) is 22.6 Å². The van der Waals surface area contributed by atoms with Crippen LogP contribution in [0.25, 0.3) is 28.4 Å². The monoisotopic (exact) mass is 472 g/mol. The van der Waals surface area contributed by atoms with E-state index in [9.17, 15) is 0 Å². The molecule has 0 N–H and O–H groups in total. The number of hydrogen-bond acceptors (Lipinski definition) is 4. The lowest BCUT2D eigenvalue weighted by atomic mass is 9.90. The van der Waals surface area contributed by atoms with Crippen LogP contribution in [-0.4, -0.2) is 19.8 Å². The Labute approximate surface area is 208 Å². The molecule has 0 fully saturated rings. The predicted molar refractivity (Wildman–Crippen MR) is 145 cm³/mol. The van der Waals surface area contributed by atoms with Gasteiger partial charge in [0.2, 0.25) is 0 Å². The van der Waals surface area contributed by atoms with Gasteiger partial charge in [0.15, 0.2) is 0 Å². The molecule has 0 bridgehead atoms. The molecule has 2 heterocycles. The van der Waals surface area contributed by atoms with Crippen molar-refractivity contribution in [2.75, 3.05) is 14.2 Å². The lowest BCUT2D eigenvalue weighted by Gasteiger charge is -2.34. The van der Waals surface area contributed by atoms with Crippen LogP contribution in [0.15, 0.2) is 64.1 Å². The van der Waals surface area contributed by atoms with Gasteiger partial charge in [-0.15, -0.1) is 0 Å². The quantitative estimate of drug-likeness (QED) is 0.308. The fraction of sp³-hybridized carbons (Fsp3) is 0.355. The molecule has 0 radical (unpaired) electrons. The second-order valence-corrected chi connectivity index (χ2v) is 9.92. The van der Waals surface area contributed by atoms with Crippen LogP contribution in [0.4, 0.5) is 0 Å². The van der Waals surface area contributed by atoms with Crippen LogP contribution < -0.4 is 14.2 Å². The lowest BCUT2D eigenvalue weighted by Crippen LogP contribution is -2.32. The first-order chi connectivity index (χ1) is 16.7. The maximum atomic E-state index is 6.79. The molecule has 0 saturated carbocycles. The second-order valence-electron chi connectivity index (χ2n) is 9.92. The summed E-state index contributed by atoms with van der Waals surface area (Å²) in [6.45, 7) is 10.7. The maximum absolute atomic E-state index is 6.79. The molecule has 2 aromatic carbocycles. The summed E-state index contributed by atoms with van der Waals surface area (Å²) in [7, 11) is 3.37. The van der Waals surface area contributed by atoms with E-state index in [4.69, 9.17) is 18.6 Å². The van der Waals surface area contributed by atoms with Crippen molar-refractivity contribution >= 4 is 17.0 Å². The van der Waals surface area contributed by atoms with Crippen LogP contribution in [0.5, 0.6) is 17.2 Å². The molecule has 3 aromatic rings. The van der Waals surface area contributed by atoms with Crippen molar-refractivity contribution in [2.24, 2.45) is 0 Å². The third-order valence-corrected chi connectivity index (χ3v) is 6.44. The summed E-state index contributed by atoms with van der Waals surface area (Å²) in [5.41, 5.74) is 6.03. The number of hydrogen-bond donors (Lipinski definition) is 0. The smallest absolute Gasteiger partial charge is 0.138 e. The van der Waals surface area contributed by atoms with Gasteiger partial charge in [0.05, 0.1) is 19.8 Å². The molecule has 0 amide bonds. The van der Waals surface area contributed by atoms with Gasteiger partial charge >= 0.3 is 0 Å². The van der Waals surface area contributed by atoms with Crippen molar-refractivity contribution in [3.63, 3.8) is 0 Å². The van der Waals surface area contributed by atoms with Crippen LogP contribution in [0.3, 0.4) is 0 Å². The molecule has 1 aromatic heterocycles. The van der Waals surface area contributed by atoms with Crippen molar-refractivity contribution < 1.29 is 18.6 Å². The molecule has 0 saturated heterocycles. The molecule has 0 spiro atoms. The first-order valence-corrected chi connectivity index (χ1v) is 12.2. The minimum absolute atomic E-state index is 0.399. The minimum atomic E-state index is -0.399. The number of methoxy groups -OCH3 is 2. The van der Waals surface area contributed by atoms with Crippen molar-refractivity contribution in [2.45, 2.75) is 59.5 Å². The van der Waals surface area contributed by atoms with E-state index < -0.39 is 5.60 Å². The molecule has 4 rings (SSSR count). The van der Waals surface area contributed by atoms with E-state index in [2.05, 4.69) is 71.1 Å². The van der Waals surface area contributed by atoms with E-state index in [1.54, 1.807) is 14.2 Å². The minimum Gasteiger partial charge on any atom is -0.497 e. The van der Waals surface area contributed by atoms with E-state index in [-0.39, 0.29) is 0 Å². The van der Waals surface area contributed by atoms with Gasteiger partial charge in [-0.2, -0.15) is 0 Å². The SMILES string of the molecule is COc1ccc2cc(-c3cc(OC)c4c(c3CC=C(C)C)OC(C)(CCC=C(C)C)C=C4)oc2c1. The average molecular weight is 473 g/mol. The Hall–Kier alpha value is -3.40. The number of rotatable bonds is 8. The Morgan fingerprint density at radius 1 is 0.971 bits per heavy atom. The molecule has 184 valence electrons. The van der Waals surface area contributed by atoms with Gasteiger partial charge in [-0.05, 0) is 90.3 Å². The van der Waals surface area contributed by atoms with E-state index in [0.717, 1.165) is 69.9 Å². The second kappa shape index (κ2) is 10.1. The topological polar surface area (TPSA) is 40.8 Å². The molecule has 4 heteroatoms. The highest BCUT2D eigenvalue weighted by atomic mass is 16.5. The number of ether oxygens (including phenoxy) is 3. The Kier molecular flexibility index (Phi) is 7.11. The fourth-order valence-electron chi connectivity index (χ4n) is 4.44. The van der Waals surface area contributed by atoms with Gasteiger partial charge in [-0.3, -0.25) is 0 Å². The highest BCUT2D eigenvalue weighted by molar-refractivity contribution is 5.86. The fourth-order valence-corrected chi connectivity index (χ4v) is 4.44. The van der Waals surface area contributed by atoms with E-state index >= 15 is 0 Å². The van der Waals surface area contributed by atoms with E-state index in [1.807, 2.05) is 18.2 Å². The van der Waals surface area contributed by atoms with Gasteiger partial charge < -0.3 is 18.6 Å². The first-order valence-electron chi connectivity index (χ1n) is 12.2. The van der Waals surface area contributed by atoms with Gasteiger partial charge in [0.25, 0.3) is 0 Å². The predicted octanol–water partition coefficient (Wildman–Crippen LogP) is 8.54. The molecule has 1 aliphatic heterocycles. The van der Waals surface area contributed by atoms with Crippen LogP contribution in [0, 0.1) is 0 Å². The summed E-state index contributed by atoms with van der Waals surface area (Å²) in [5.74, 6) is 3.20. The van der Waals surface area contributed by atoms with E-state index in [0.29, 0.717) is 0 Å². The molecule has 1 atom stereocenters. The number of fused-ring (bicyclic) bond motifs is 2. The van der Waals surface area contributed by atoms with Crippen LogP contribution in [0.2, 0.25) is 0 Å². The summed E-state index contributed by atoms with van der Waals surface area (Å²) >= 11 is 0. The molecule has 0 aliphatic carbocycles. The average Bonchev–Trinajstić information content (AvgIpc) is 3.24. The van der Waals surface area contributed by atoms with Crippen LogP contribution in [0.1, 0.15) is 58.6 Å². The summed E-state index contributed by atoms with van der Waals surface area (Å²) in [6, 6.07) is 10.0. The van der Waals surface area contributed by atoms with Crippen molar-refractivity contribution in [1.82, 2.24) is 0 Å². The summed E-state index contributed by atoms with van der Waals surface area (Å²) in [5, 5.41) is 1.03. The Morgan fingerprint density at radius 2 is 1.74 bits per heavy atom. The van der Waals surface area contributed by atoms with Gasteiger partial charge in [-0.1, -0.05) is 23.3 Å². The number of allylic oxidation sites excluding steroid dienone is 4. The highest BCUT2D eigenvalue weighted by Gasteiger charge is 2.32. The Morgan fingerprint density at radius 3 is 2.43 bits per heavy atom. The Balaban J connectivity index is 1.87. The van der Waals surface area contributed by atoms with Gasteiger partial charge in [0.1, 0.15) is 34.2 Å².